The fraction of sp³-hybridized carbons (Fsp3) is 0.833. The largest absolute Gasteiger partial charge is 0.468 e. The van der Waals surface area contributed by atoms with Gasteiger partial charge in [0.05, 0.1) is 7.11 Å². The number of esters is 1. The number of carbonyl (C=O) groups is 1. The molecule has 1 fully saturated rings. The molecule has 0 bridgehead atoms. The molecule has 0 saturated heterocycles. The summed E-state index contributed by atoms with van der Waals surface area (Å²) in [6.07, 6.45) is 0.764. The number of rotatable bonds is 1. The van der Waals surface area contributed by atoms with Crippen LogP contribution in [-0.4, -0.2) is 18.6 Å². The minimum Gasteiger partial charge on any atom is -0.468 e. The van der Waals surface area contributed by atoms with E-state index in [1.807, 2.05) is 6.92 Å². The van der Waals surface area contributed by atoms with Gasteiger partial charge in [-0.05, 0) is 12.3 Å². The lowest BCUT2D eigenvalue weighted by Crippen LogP contribution is -2.35. The van der Waals surface area contributed by atoms with E-state index in [2.05, 4.69) is 4.74 Å². The van der Waals surface area contributed by atoms with Gasteiger partial charge in [0, 0.05) is 0 Å². The van der Waals surface area contributed by atoms with E-state index in [4.69, 9.17) is 5.73 Å². The maximum Gasteiger partial charge on any atom is 0.326 e. The number of halogens is 1. The molecule has 0 spiro atoms. The molecule has 1 aliphatic carbocycles. The summed E-state index contributed by atoms with van der Waals surface area (Å²) >= 11 is 0. The van der Waals surface area contributed by atoms with Crippen molar-refractivity contribution in [2.45, 2.75) is 18.9 Å². The second kappa shape index (κ2) is 2.76. The molecule has 2 N–H and O–H groups in total. The van der Waals surface area contributed by atoms with Crippen molar-refractivity contribution in [3.63, 3.8) is 0 Å². The molecule has 1 saturated carbocycles. The van der Waals surface area contributed by atoms with Crippen LogP contribution in [0.5, 0.6) is 0 Å². The first-order valence-electron chi connectivity index (χ1n) is 2.98. The smallest absolute Gasteiger partial charge is 0.326 e. The summed E-state index contributed by atoms with van der Waals surface area (Å²) in [5, 5.41) is 0. The van der Waals surface area contributed by atoms with Crippen molar-refractivity contribution in [1.82, 2.24) is 0 Å². The highest BCUT2D eigenvalue weighted by Gasteiger charge is 2.55. The number of hydrogen-bond donors (Lipinski definition) is 1. The lowest BCUT2D eigenvalue weighted by atomic mass is 10.2. The first-order chi connectivity index (χ1) is 4.11. The molecular weight excluding hydrogens is 154 g/mol. The van der Waals surface area contributed by atoms with Crippen LogP contribution in [0.2, 0.25) is 0 Å². The Balaban J connectivity index is 0.000000810. The lowest BCUT2D eigenvalue weighted by Gasteiger charge is -2.04. The van der Waals surface area contributed by atoms with Crippen LogP contribution >= 0.6 is 12.4 Å². The summed E-state index contributed by atoms with van der Waals surface area (Å²) in [5.41, 5.74) is 4.93. The third-order valence-corrected chi connectivity index (χ3v) is 1.93. The Morgan fingerprint density at radius 1 is 1.80 bits per heavy atom. The van der Waals surface area contributed by atoms with Gasteiger partial charge in [0.15, 0.2) is 0 Å². The van der Waals surface area contributed by atoms with Gasteiger partial charge < -0.3 is 10.5 Å². The molecule has 3 nitrogen and oxygen atoms in total. The van der Waals surface area contributed by atoms with E-state index in [9.17, 15) is 4.79 Å². The average molecular weight is 166 g/mol. The van der Waals surface area contributed by atoms with Gasteiger partial charge in [-0.3, -0.25) is 4.79 Å². The Kier molecular flexibility index (Phi) is 2.68. The number of methoxy groups -OCH3 is 1. The molecule has 0 radical (unpaired) electrons. The predicted molar refractivity (Wildman–Crippen MR) is 40.0 cm³/mol. The van der Waals surface area contributed by atoms with Crippen molar-refractivity contribution >= 4 is 18.4 Å². The lowest BCUT2D eigenvalue weighted by molar-refractivity contribution is -0.143. The SMILES string of the molecule is COC(=O)C1(N)CC1C.Cl. The van der Waals surface area contributed by atoms with E-state index >= 15 is 0 Å². The highest BCUT2D eigenvalue weighted by molar-refractivity contribution is 5.85. The third kappa shape index (κ3) is 1.25. The average Bonchev–Trinajstić information content (AvgIpc) is 2.41. The quantitative estimate of drug-likeness (QED) is 0.570. The number of ether oxygens (including phenoxy) is 1. The van der Waals surface area contributed by atoms with Gasteiger partial charge in [-0.25, -0.2) is 0 Å². The number of carbonyl (C=O) groups excluding carboxylic acids is 1. The van der Waals surface area contributed by atoms with Gasteiger partial charge in [0.2, 0.25) is 0 Å². The molecule has 1 aliphatic rings. The third-order valence-electron chi connectivity index (χ3n) is 1.93. The van der Waals surface area contributed by atoms with Crippen LogP contribution in [0, 0.1) is 5.92 Å². The Morgan fingerprint density at radius 2 is 2.20 bits per heavy atom. The van der Waals surface area contributed by atoms with Gasteiger partial charge in [-0.1, -0.05) is 6.92 Å². The topological polar surface area (TPSA) is 52.3 Å². The minimum absolute atomic E-state index is 0. The van der Waals surface area contributed by atoms with Crippen LogP contribution in [-0.2, 0) is 9.53 Å². The van der Waals surface area contributed by atoms with Crippen LogP contribution in [0.15, 0.2) is 0 Å². The van der Waals surface area contributed by atoms with Crippen molar-refractivity contribution in [2.24, 2.45) is 11.7 Å². The number of nitrogens with two attached hydrogens (primary N) is 1. The maximum atomic E-state index is 10.8. The Bertz CT molecular complexity index is 151. The van der Waals surface area contributed by atoms with Crippen molar-refractivity contribution in [1.29, 1.82) is 0 Å². The Morgan fingerprint density at radius 3 is 2.30 bits per heavy atom. The summed E-state index contributed by atoms with van der Waals surface area (Å²) < 4.78 is 4.48. The van der Waals surface area contributed by atoms with E-state index in [-0.39, 0.29) is 18.4 Å². The van der Waals surface area contributed by atoms with E-state index in [1.165, 1.54) is 7.11 Å². The van der Waals surface area contributed by atoms with Crippen molar-refractivity contribution in [3.05, 3.63) is 0 Å². The maximum absolute atomic E-state index is 10.8. The Hall–Kier alpha value is -0.280. The van der Waals surface area contributed by atoms with Crippen molar-refractivity contribution in [2.75, 3.05) is 7.11 Å². The molecule has 0 aromatic rings. The van der Waals surface area contributed by atoms with Gasteiger partial charge in [-0.2, -0.15) is 0 Å². The molecule has 0 heterocycles. The standard InChI is InChI=1S/C6H11NO2.ClH/c1-4-3-6(4,7)5(8)9-2;/h4H,3,7H2,1-2H3;1H. The van der Waals surface area contributed by atoms with E-state index < -0.39 is 5.54 Å². The zero-order valence-electron chi connectivity index (χ0n) is 6.09. The molecule has 0 amide bonds. The van der Waals surface area contributed by atoms with Crippen LogP contribution in [0.25, 0.3) is 0 Å². The normalized spacial score (nSPS) is 36.1. The summed E-state index contributed by atoms with van der Waals surface area (Å²) in [7, 11) is 1.36. The zero-order chi connectivity index (χ0) is 7.07. The summed E-state index contributed by atoms with van der Waals surface area (Å²) in [6, 6.07) is 0. The second-order valence-electron chi connectivity index (χ2n) is 2.64. The monoisotopic (exact) mass is 165 g/mol. The molecule has 10 heavy (non-hydrogen) atoms. The van der Waals surface area contributed by atoms with E-state index in [1.54, 1.807) is 0 Å². The van der Waals surface area contributed by atoms with Gasteiger partial charge in [-0.15, -0.1) is 12.4 Å². The highest BCUT2D eigenvalue weighted by atomic mass is 35.5. The van der Waals surface area contributed by atoms with E-state index in [0.29, 0.717) is 5.92 Å². The molecule has 0 aliphatic heterocycles. The second-order valence-corrected chi connectivity index (χ2v) is 2.64. The molecule has 0 aromatic heterocycles. The first-order valence-corrected chi connectivity index (χ1v) is 2.98. The first kappa shape index (κ1) is 9.72. The molecular formula is C6H12ClNO2. The predicted octanol–water partition coefficient (Wildman–Crippen LogP) is 0.318. The van der Waals surface area contributed by atoms with E-state index in [0.717, 1.165) is 6.42 Å². The van der Waals surface area contributed by atoms with Crippen molar-refractivity contribution in [3.8, 4) is 0 Å². The molecule has 0 aromatic carbocycles. The fourth-order valence-corrected chi connectivity index (χ4v) is 0.922. The number of hydrogen-bond acceptors (Lipinski definition) is 3. The summed E-state index contributed by atoms with van der Waals surface area (Å²) in [6.45, 7) is 1.94. The fourth-order valence-electron chi connectivity index (χ4n) is 0.922. The van der Waals surface area contributed by atoms with Crippen LogP contribution in [0.4, 0.5) is 0 Å². The molecule has 60 valence electrons. The minimum atomic E-state index is -0.644. The van der Waals surface area contributed by atoms with Crippen LogP contribution in [0.1, 0.15) is 13.3 Å². The van der Waals surface area contributed by atoms with Crippen molar-refractivity contribution < 1.29 is 9.53 Å². The van der Waals surface area contributed by atoms with Gasteiger partial charge in [0.25, 0.3) is 0 Å². The molecule has 4 heteroatoms. The van der Waals surface area contributed by atoms with Gasteiger partial charge >= 0.3 is 5.97 Å². The van der Waals surface area contributed by atoms with Crippen LogP contribution < -0.4 is 5.73 Å². The molecule has 1 rings (SSSR count). The Labute approximate surface area is 66.3 Å². The zero-order valence-corrected chi connectivity index (χ0v) is 6.90. The molecule has 2 atom stereocenters. The molecule has 2 unspecified atom stereocenters. The summed E-state index contributed by atoms with van der Waals surface area (Å²) in [4.78, 5) is 10.8. The highest BCUT2D eigenvalue weighted by Crippen LogP contribution is 2.40. The van der Waals surface area contributed by atoms with Crippen LogP contribution in [0.3, 0.4) is 0 Å². The summed E-state index contributed by atoms with van der Waals surface area (Å²) in [5.74, 6) is 0.0138. The van der Waals surface area contributed by atoms with Gasteiger partial charge in [0.1, 0.15) is 5.54 Å².